The van der Waals surface area contributed by atoms with E-state index < -0.39 is 6.10 Å². The Hall–Kier alpha value is -3.71. The summed E-state index contributed by atoms with van der Waals surface area (Å²) in [4.78, 5) is 31.1. The lowest BCUT2D eigenvalue weighted by molar-refractivity contribution is -0.128. The number of carbonyl (C=O) groups is 1. The Labute approximate surface area is 215 Å². The number of aromatic nitrogens is 2. The van der Waals surface area contributed by atoms with Crippen LogP contribution in [0.2, 0.25) is 0 Å². The highest BCUT2D eigenvalue weighted by Crippen LogP contribution is 2.35. The molecule has 0 saturated carbocycles. The molecule has 1 fully saturated rings. The van der Waals surface area contributed by atoms with Gasteiger partial charge in [-0.2, -0.15) is 0 Å². The highest BCUT2D eigenvalue weighted by molar-refractivity contribution is 6.18. The van der Waals surface area contributed by atoms with Crippen molar-refractivity contribution in [1.82, 2.24) is 20.0 Å². The van der Waals surface area contributed by atoms with E-state index in [1.165, 1.54) is 0 Å². The van der Waals surface area contributed by atoms with Crippen LogP contribution in [0.15, 0.2) is 59.5 Å². The van der Waals surface area contributed by atoms with Crippen LogP contribution in [0.25, 0.3) is 38.1 Å². The van der Waals surface area contributed by atoms with Crippen molar-refractivity contribution in [3.8, 4) is 5.75 Å². The van der Waals surface area contributed by atoms with Gasteiger partial charge in [-0.05, 0) is 77.8 Å². The molecular weight excluding hydrogens is 464 g/mol. The van der Waals surface area contributed by atoms with Crippen LogP contribution < -0.4 is 20.9 Å². The molecule has 1 atom stereocenters. The van der Waals surface area contributed by atoms with E-state index in [0.717, 1.165) is 45.6 Å². The summed E-state index contributed by atoms with van der Waals surface area (Å²) in [7, 11) is 0. The normalized spacial score (nSPS) is 18.5. The molecule has 1 aliphatic heterocycles. The van der Waals surface area contributed by atoms with Crippen LogP contribution in [-0.2, 0) is 4.79 Å². The fraction of sp³-hybridized carbons (Fsp3) is 0.367. The number of pyridine rings is 2. The average molecular weight is 497 g/mol. The number of amides is 1. The summed E-state index contributed by atoms with van der Waals surface area (Å²) in [5.74, 6) is 0.457. The lowest BCUT2D eigenvalue weighted by Crippen LogP contribution is -2.62. The first kappa shape index (κ1) is 23.7. The Morgan fingerprint density at radius 2 is 1.73 bits per heavy atom. The van der Waals surface area contributed by atoms with Gasteiger partial charge in [0.15, 0.2) is 6.10 Å². The highest BCUT2D eigenvalue weighted by atomic mass is 16.5. The minimum Gasteiger partial charge on any atom is -0.481 e. The van der Waals surface area contributed by atoms with Crippen LogP contribution in [0, 0.1) is 0 Å². The number of piperidine rings is 1. The monoisotopic (exact) mass is 496 g/mol. The number of rotatable bonds is 4. The van der Waals surface area contributed by atoms with Gasteiger partial charge in [0, 0.05) is 44.9 Å². The van der Waals surface area contributed by atoms with Crippen molar-refractivity contribution in [3.63, 3.8) is 0 Å². The minimum absolute atomic E-state index is 0.0580. The van der Waals surface area contributed by atoms with Crippen molar-refractivity contribution < 1.29 is 9.53 Å². The third kappa shape index (κ3) is 3.98. The number of ether oxygens (including phenoxy) is 1. The standard InChI is InChI=1S/C30H32N4O3/c1-17(27(35)32-18-15-29(2,3)33-30(4,5)16-18)37-19-10-11-24-23(14-19)21-12-13-31-25-20-8-6-7-9-22(20)28(36)34(24)26(21)25/h6-14,17-18,33H,15-16H2,1-5H3,(H,32,35)/t17-/m0/s1. The number of benzene rings is 2. The Morgan fingerprint density at radius 1 is 1.03 bits per heavy atom. The molecule has 3 aromatic heterocycles. The zero-order chi connectivity index (χ0) is 26.1. The Balaban J connectivity index is 1.33. The van der Waals surface area contributed by atoms with E-state index in [2.05, 4.69) is 43.3 Å². The molecule has 190 valence electrons. The zero-order valence-electron chi connectivity index (χ0n) is 21.9. The van der Waals surface area contributed by atoms with Crippen molar-refractivity contribution in [1.29, 1.82) is 0 Å². The molecule has 0 radical (unpaired) electrons. The second-order valence-corrected chi connectivity index (χ2v) is 11.7. The quantitative estimate of drug-likeness (QED) is 0.350. The van der Waals surface area contributed by atoms with Crippen LogP contribution in [0.4, 0.5) is 0 Å². The molecule has 1 amide bonds. The van der Waals surface area contributed by atoms with Gasteiger partial charge in [-0.25, -0.2) is 0 Å². The third-order valence-corrected chi connectivity index (χ3v) is 7.48. The van der Waals surface area contributed by atoms with Gasteiger partial charge in [-0.1, -0.05) is 18.2 Å². The van der Waals surface area contributed by atoms with Gasteiger partial charge in [0.25, 0.3) is 11.5 Å². The predicted molar refractivity (Wildman–Crippen MR) is 148 cm³/mol. The number of carbonyl (C=O) groups excluding carboxylic acids is 1. The fourth-order valence-corrected chi connectivity index (χ4v) is 6.42. The van der Waals surface area contributed by atoms with Crippen LogP contribution >= 0.6 is 0 Å². The number of hydrogen-bond donors (Lipinski definition) is 2. The molecule has 0 unspecified atom stereocenters. The lowest BCUT2D eigenvalue weighted by atomic mass is 9.79. The summed E-state index contributed by atoms with van der Waals surface area (Å²) in [5, 5.41) is 10.2. The van der Waals surface area contributed by atoms with Crippen LogP contribution in [0.3, 0.4) is 0 Å². The molecule has 37 heavy (non-hydrogen) atoms. The Bertz CT molecular complexity index is 1720. The van der Waals surface area contributed by atoms with E-state index in [0.29, 0.717) is 11.1 Å². The maximum Gasteiger partial charge on any atom is 0.263 e. The van der Waals surface area contributed by atoms with Gasteiger partial charge < -0.3 is 15.4 Å². The van der Waals surface area contributed by atoms with Gasteiger partial charge in [-0.3, -0.25) is 19.0 Å². The summed E-state index contributed by atoms with van der Waals surface area (Å²) >= 11 is 0. The zero-order valence-corrected chi connectivity index (χ0v) is 21.9. The fourth-order valence-electron chi connectivity index (χ4n) is 6.42. The molecule has 6 rings (SSSR count). The summed E-state index contributed by atoms with van der Waals surface area (Å²) in [6, 6.07) is 15.2. The van der Waals surface area contributed by atoms with Crippen molar-refractivity contribution in [2.75, 3.05) is 0 Å². The van der Waals surface area contributed by atoms with Crippen LogP contribution in [-0.4, -0.2) is 38.5 Å². The molecule has 5 aromatic rings. The molecule has 2 aromatic carbocycles. The SMILES string of the molecule is C[C@H](Oc1ccc2c(c1)c1ccnc3c4ccccc4c(=O)n2c13)C(=O)NC1CC(C)(C)NC(C)(C)C1. The molecule has 1 saturated heterocycles. The summed E-state index contributed by atoms with van der Waals surface area (Å²) in [5.41, 5.74) is 2.22. The van der Waals surface area contributed by atoms with Crippen LogP contribution in [0.5, 0.6) is 5.75 Å². The van der Waals surface area contributed by atoms with E-state index in [1.54, 1.807) is 17.5 Å². The van der Waals surface area contributed by atoms with Gasteiger partial charge in [0.1, 0.15) is 5.75 Å². The summed E-state index contributed by atoms with van der Waals surface area (Å²) in [6.07, 6.45) is 2.82. The number of nitrogens with zero attached hydrogens (tertiary/aromatic N) is 2. The van der Waals surface area contributed by atoms with Crippen molar-refractivity contribution >= 4 is 44.0 Å². The topological polar surface area (TPSA) is 84.7 Å². The van der Waals surface area contributed by atoms with E-state index in [-0.39, 0.29) is 28.6 Å². The highest BCUT2D eigenvalue weighted by Gasteiger charge is 2.38. The first-order valence-corrected chi connectivity index (χ1v) is 12.9. The van der Waals surface area contributed by atoms with Gasteiger partial charge in [0.2, 0.25) is 0 Å². The minimum atomic E-state index is -0.661. The summed E-state index contributed by atoms with van der Waals surface area (Å²) in [6.45, 7) is 10.4. The molecule has 0 bridgehead atoms. The first-order chi connectivity index (χ1) is 17.5. The molecule has 2 N–H and O–H groups in total. The molecule has 0 spiro atoms. The second-order valence-electron chi connectivity index (χ2n) is 11.7. The maximum absolute atomic E-state index is 13.4. The summed E-state index contributed by atoms with van der Waals surface area (Å²) < 4.78 is 7.86. The Morgan fingerprint density at radius 3 is 2.46 bits per heavy atom. The lowest BCUT2D eigenvalue weighted by Gasteiger charge is -2.46. The van der Waals surface area contributed by atoms with Crippen molar-refractivity contribution in [3.05, 3.63) is 65.1 Å². The van der Waals surface area contributed by atoms with Gasteiger partial charge in [0.05, 0.1) is 16.6 Å². The molecule has 4 heterocycles. The van der Waals surface area contributed by atoms with Crippen molar-refractivity contribution in [2.24, 2.45) is 0 Å². The second kappa shape index (κ2) is 8.15. The largest absolute Gasteiger partial charge is 0.481 e. The predicted octanol–water partition coefficient (Wildman–Crippen LogP) is 4.78. The van der Waals surface area contributed by atoms with Gasteiger partial charge >= 0.3 is 0 Å². The number of hydrogen-bond acceptors (Lipinski definition) is 5. The molecule has 1 aliphatic rings. The Kier molecular flexibility index (Phi) is 5.21. The smallest absolute Gasteiger partial charge is 0.263 e. The molecule has 7 heteroatoms. The van der Waals surface area contributed by atoms with Crippen LogP contribution in [0.1, 0.15) is 47.5 Å². The molecule has 7 nitrogen and oxygen atoms in total. The van der Waals surface area contributed by atoms with E-state index in [9.17, 15) is 9.59 Å². The molecular formula is C30H32N4O3. The van der Waals surface area contributed by atoms with E-state index in [4.69, 9.17) is 4.74 Å². The van der Waals surface area contributed by atoms with E-state index >= 15 is 0 Å². The maximum atomic E-state index is 13.4. The molecule has 0 aliphatic carbocycles. The van der Waals surface area contributed by atoms with Crippen molar-refractivity contribution in [2.45, 2.75) is 70.7 Å². The average Bonchev–Trinajstić information content (AvgIpc) is 3.15. The van der Waals surface area contributed by atoms with E-state index in [1.807, 2.05) is 48.5 Å². The van der Waals surface area contributed by atoms with Gasteiger partial charge in [-0.15, -0.1) is 0 Å². The number of nitrogens with one attached hydrogen (secondary N) is 2. The number of fused-ring (bicyclic) bond motifs is 5. The first-order valence-electron chi connectivity index (χ1n) is 12.9. The third-order valence-electron chi connectivity index (χ3n) is 7.48.